The van der Waals surface area contributed by atoms with Crippen LogP contribution in [0.3, 0.4) is 0 Å². The Kier molecular flexibility index (Phi) is 6.39. The molecule has 30 heavy (non-hydrogen) atoms. The second kappa shape index (κ2) is 9.02. The summed E-state index contributed by atoms with van der Waals surface area (Å²) >= 11 is 3.62. The molecule has 1 aliphatic rings. The molecule has 160 valence electrons. The molecule has 0 aliphatic carbocycles. The summed E-state index contributed by atoms with van der Waals surface area (Å²) in [6.07, 6.45) is 9.13. The van der Waals surface area contributed by atoms with Crippen LogP contribution in [0, 0.1) is 5.41 Å². The minimum Gasteiger partial charge on any atom is -0.366 e. The van der Waals surface area contributed by atoms with E-state index in [2.05, 4.69) is 69.1 Å². The van der Waals surface area contributed by atoms with Gasteiger partial charge in [0.1, 0.15) is 5.82 Å². The van der Waals surface area contributed by atoms with Gasteiger partial charge in [-0.1, -0.05) is 26.8 Å². The Hall–Kier alpha value is -1.99. The molecule has 1 fully saturated rings. The monoisotopic (exact) mass is 470 g/mol. The maximum atomic E-state index is 4.99. The first-order chi connectivity index (χ1) is 14.4. The number of aromatic nitrogens is 4. The van der Waals surface area contributed by atoms with E-state index < -0.39 is 0 Å². The Balaban J connectivity index is 1.55. The largest absolute Gasteiger partial charge is 0.366 e. The lowest BCUT2D eigenvalue weighted by atomic mass is 9.90. The Morgan fingerprint density at radius 2 is 2.13 bits per heavy atom. The van der Waals surface area contributed by atoms with Crippen LogP contribution < -0.4 is 5.32 Å². The van der Waals surface area contributed by atoms with Gasteiger partial charge in [0.2, 0.25) is 0 Å². The average Bonchev–Trinajstić information content (AvgIpc) is 3.12. The third-order valence-corrected chi connectivity index (χ3v) is 6.31. The zero-order valence-corrected chi connectivity index (χ0v) is 19.7. The first-order valence-electron chi connectivity index (χ1n) is 10.8. The van der Waals surface area contributed by atoms with Gasteiger partial charge in [0.25, 0.3) is 0 Å². The van der Waals surface area contributed by atoms with Gasteiger partial charge < -0.3 is 10.2 Å². The number of hydrogen-bond acceptors (Lipinski definition) is 5. The number of hydrogen-bond donors (Lipinski definition) is 1. The van der Waals surface area contributed by atoms with Crippen molar-refractivity contribution in [1.29, 1.82) is 0 Å². The molecule has 0 aromatic carbocycles. The van der Waals surface area contributed by atoms with Gasteiger partial charge in [-0.25, -0.2) is 4.98 Å². The maximum absolute atomic E-state index is 4.99. The van der Waals surface area contributed by atoms with Gasteiger partial charge in [-0.3, -0.25) is 4.98 Å². The van der Waals surface area contributed by atoms with E-state index in [0.29, 0.717) is 17.9 Å². The Morgan fingerprint density at radius 1 is 1.27 bits per heavy atom. The normalized spacial score (nSPS) is 18.1. The Bertz CT molecular complexity index is 979. The molecule has 4 heterocycles. The summed E-state index contributed by atoms with van der Waals surface area (Å²) in [5.41, 5.74) is 3.53. The number of rotatable bonds is 6. The van der Waals surface area contributed by atoms with E-state index in [1.807, 2.05) is 23.0 Å². The first kappa shape index (κ1) is 21.2. The topological polar surface area (TPSA) is 58.4 Å². The second-order valence-electron chi connectivity index (χ2n) is 9.46. The minimum atomic E-state index is 0.371. The smallest absolute Gasteiger partial charge is 0.171 e. The van der Waals surface area contributed by atoms with Gasteiger partial charge in [-0.2, -0.15) is 9.61 Å². The van der Waals surface area contributed by atoms with Crippen LogP contribution in [0.15, 0.2) is 41.3 Å². The van der Waals surface area contributed by atoms with Gasteiger partial charge in [0, 0.05) is 37.5 Å². The summed E-state index contributed by atoms with van der Waals surface area (Å²) in [5.74, 6) is 1.42. The number of nitrogens with zero attached hydrogens (tertiary/aromatic N) is 5. The fourth-order valence-electron chi connectivity index (χ4n) is 3.98. The van der Waals surface area contributed by atoms with Crippen molar-refractivity contribution >= 4 is 27.4 Å². The highest BCUT2D eigenvalue weighted by atomic mass is 79.9. The molecular weight excluding hydrogens is 440 g/mol. The lowest BCUT2D eigenvalue weighted by Gasteiger charge is -2.34. The second-order valence-corrected chi connectivity index (χ2v) is 10.3. The lowest BCUT2D eigenvalue weighted by molar-refractivity contribution is 0.180. The number of halogens is 1. The van der Waals surface area contributed by atoms with Gasteiger partial charge in [-0.15, -0.1) is 0 Å². The van der Waals surface area contributed by atoms with Crippen molar-refractivity contribution in [2.24, 2.45) is 5.41 Å². The van der Waals surface area contributed by atoms with Crippen molar-refractivity contribution in [3.8, 4) is 0 Å². The van der Waals surface area contributed by atoms with E-state index in [1.165, 1.54) is 25.8 Å². The zero-order chi connectivity index (χ0) is 21.1. The SMILES string of the molecule is CC(C)(C)CCN1CCCC(c2cc(NCc3cccnc3)n3ncc(Br)c3n2)C1. The Morgan fingerprint density at radius 3 is 2.90 bits per heavy atom. The molecular formula is C23H31BrN6. The van der Waals surface area contributed by atoms with Crippen LogP contribution in [0.25, 0.3) is 5.65 Å². The summed E-state index contributed by atoms with van der Waals surface area (Å²) in [6.45, 7) is 11.1. The lowest BCUT2D eigenvalue weighted by Crippen LogP contribution is -2.36. The molecule has 1 aliphatic heterocycles. The van der Waals surface area contributed by atoms with Crippen molar-refractivity contribution in [2.45, 2.75) is 52.5 Å². The van der Waals surface area contributed by atoms with E-state index in [9.17, 15) is 0 Å². The number of anilines is 1. The van der Waals surface area contributed by atoms with Gasteiger partial charge in [0.05, 0.1) is 16.4 Å². The summed E-state index contributed by atoms with van der Waals surface area (Å²) in [4.78, 5) is 11.8. The van der Waals surface area contributed by atoms with E-state index in [1.54, 1.807) is 6.20 Å². The molecule has 4 rings (SSSR count). The molecule has 3 aromatic rings. The van der Waals surface area contributed by atoms with Crippen LogP contribution in [0.1, 0.15) is 57.2 Å². The van der Waals surface area contributed by atoms with Crippen molar-refractivity contribution in [2.75, 3.05) is 25.0 Å². The predicted molar refractivity (Wildman–Crippen MR) is 125 cm³/mol. The molecule has 0 spiro atoms. The van der Waals surface area contributed by atoms with Crippen LogP contribution in [-0.4, -0.2) is 44.1 Å². The van der Waals surface area contributed by atoms with Crippen LogP contribution in [0.4, 0.5) is 5.82 Å². The third kappa shape index (κ3) is 5.19. The summed E-state index contributed by atoms with van der Waals surface area (Å²) in [5, 5.41) is 8.05. The number of likely N-dealkylation sites (tertiary alicyclic amines) is 1. The molecule has 1 unspecified atom stereocenters. The summed E-state index contributed by atoms with van der Waals surface area (Å²) in [6, 6.07) is 6.22. The highest BCUT2D eigenvalue weighted by Crippen LogP contribution is 2.30. The van der Waals surface area contributed by atoms with E-state index >= 15 is 0 Å². The van der Waals surface area contributed by atoms with E-state index in [-0.39, 0.29) is 0 Å². The van der Waals surface area contributed by atoms with Crippen molar-refractivity contribution in [1.82, 2.24) is 24.5 Å². The van der Waals surface area contributed by atoms with Crippen LogP contribution in [0.5, 0.6) is 0 Å². The van der Waals surface area contributed by atoms with Gasteiger partial charge >= 0.3 is 0 Å². The zero-order valence-electron chi connectivity index (χ0n) is 18.1. The molecule has 1 saturated heterocycles. The van der Waals surface area contributed by atoms with E-state index in [4.69, 9.17) is 4.98 Å². The molecule has 0 bridgehead atoms. The van der Waals surface area contributed by atoms with Crippen LogP contribution >= 0.6 is 15.9 Å². The Labute approximate surface area is 187 Å². The third-order valence-electron chi connectivity index (χ3n) is 5.75. The highest BCUT2D eigenvalue weighted by Gasteiger charge is 2.25. The standard InChI is InChI=1S/C23H31BrN6/c1-23(2,3)8-11-29-10-5-7-18(16-29)20-12-21(26-14-17-6-4-9-25-13-17)30-22(28-20)19(24)15-27-30/h4,6,9,12-13,15,18,26H,5,7-8,10-11,14,16H2,1-3H3. The predicted octanol–water partition coefficient (Wildman–Crippen LogP) is 5.11. The van der Waals surface area contributed by atoms with Crippen molar-refractivity contribution < 1.29 is 0 Å². The quantitative estimate of drug-likeness (QED) is 0.541. The van der Waals surface area contributed by atoms with Crippen LogP contribution in [-0.2, 0) is 6.54 Å². The summed E-state index contributed by atoms with van der Waals surface area (Å²) in [7, 11) is 0. The molecule has 1 N–H and O–H groups in total. The van der Waals surface area contributed by atoms with Gasteiger partial charge in [-0.05, 0) is 65.3 Å². The molecule has 3 aromatic heterocycles. The number of piperidine rings is 1. The minimum absolute atomic E-state index is 0.371. The van der Waals surface area contributed by atoms with Crippen molar-refractivity contribution in [3.63, 3.8) is 0 Å². The average molecular weight is 471 g/mol. The molecule has 1 atom stereocenters. The maximum Gasteiger partial charge on any atom is 0.171 e. The summed E-state index contributed by atoms with van der Waals surface area (Å²) < 4.78 is 2.80. The molecule has 0 saturated carbocycles. The van der Waals surface area contributed by atoms with Gasteiger partial charge in [0.15, 0.2) is 5.65 Å². The van der Waals surface area contributed by atoms with E-state index in [0.717, 1.165) is 40.3 Å². The van der Waals surface area contributed by atoms with Crippen molar-refractivity contribution in [3.05, 3.63) is 52.5 Å². The first-order valence-corrected chi connectivity index (χ1v) is 11.6. The number of pyridine rings is 1. The molecule has 6 nitrogen and oxygen atoms in total. The molecule has 7 heteroatoms. The highest BCUT2D eigenvalue weighted by molar-refractivity contribution is 9.10. The number of fused-ring (bicyclic) bond motifs is 1. The fourth-order valence-corrected chi connectivity index (χ4v) is 4.33. The number of nitrogens with one attached hydrogen (secondary N) is 1. The van der Waals surface area contributed by atoms with Crippen LogP contribution in [0.2, 0.25) is 0 Å². The molecule has 0 amide bonds. The fraction of sp³-hybridized carbons (Fsp3) is 0.522. The molecule has 0 radical (unpaired) electrons.